The van der Waals surface area contributed by atoms with Crippen LogP contribution in [-0.4, -0.2) is 25.2 Å². The third-order valence-electron chi connectivity index (χ3n) is 5.61. The molecule has 0 saturated heterocycles. The first kappa shape index (κ1) is 12.7. The third kappa shape index (κ3) is 1.92. The first-order valence-corrected chi connectivity index (χ1v) is 6.64. The monoisotopic (exact) mass is 239 g/mol. The lowest BCUT2D eigenvalue weighted by Gasteiger charge is -2.39. The maximum atomic E-state index is 10.6. The second kappa shape index (κ2) is 4.16. The molecule has 4 heteroatoms. The van der Waals surface area contributed by atoms with Crippen molar-refractivity contribution in [2.75, 3.05) is 13.1 Å². The van der Waals surface area contributed by atoms with Gasteiger partial charge in [-0.25, -0.2) is 4.79 Å². The molecule has 2 fully saturated rings. The molecule has 2 aliphatic carbocycles. The van der Waals surface area contributed by atoms with Crippen LogP contribution in [0.5, 0.6) is 0 Å². The molecular formula is C13H25N3O. The molecule has 98 valence electrons. The molecule has 17 heavy (non-hydrogen) atoms. The Morgan fingerprint density at radius 3 is 2.53 bits per heavy atom. The van der Waals surface area contributed by atoms with Crippen LogP contribution in [-0.2, 0) is 0 Å². The molecule has 0 radical (unpaired) electrons. The molecular weight excluding hydrogens is 214 g/mol. The van der Waals surface area contributed by atoms with Gasteiger partial charge in [0.1, 0.15) is 0 Å². The highest BCUT2D eigenvalue weighted by Crippen LogP contribution is 2.65. The summed E-state index contributed by atoms with van der Waals surface area (Å²) in [6, 6.07) is 0.150. The number of nitrogens with one attached hydrogen (secondary N) is 2. The molecule has 4 N–H and O–H groups in total. The Kier molecular flexibility index (Phi) is 3.10. The van der Waals surface area contributed by atoms with Crippen molar-refractivity contribution in [2.24, 2.45) is 22.5 Å². The fourth-order valence-electron chi connectivity index (χ4n) is 3.94. The first-order chi connectivity index (χ1) is 7.88. The summed E-state index contributed by atoms with van der Waals surface area (Å²) < 4.78 is 0. The minimum atomic E-state index is -0.439. The van der Waals surface area contributed by atoms with E-state index in [2.05, 4.69) is 31.4 Å². The van der Waals surface area contributed by atoms with E-state index >= 15 is 0 Å². The highest BCUT2D eigenvalue weighted by molar-refractivity contribution is 5.71. The van der Waals surface area contributed by atoms with Gasteiger partial charge in [0.05, 0.1) is 0 Å². The highest BCUT2D eigenvalue weighted by atomic mass is 16.2. The van der Waals surface area contributed by atoms with Crippen LogP contribution < -0.4 is 16.4 Å². The molecule has 4 nitrogen and oxygen atoms in total. The summed E-state index contributed by atoms with van der Waals surface area (Å²) in [5.41, 5.74) is 5.89. The lowest BCUT2D eigenvalue weighted by molar-refractivity contribution is 0.121. The van der Waals surface area contributed by atoms with Gasteiger partial charge in [0.25, 0.3) is 0 Å². The van der Waals surface area contributed by atoms with Crippen molar-refractivity contribution in [3.63, 3.8) is 0 Å². The van der Waals surface area contributed by atoms with Crippen LogP contribution in [0, 0.1) is 16.7 Å². The van der Waals surface area contributed by atoms with Crippen molar-refractivity contribution < 1.29 is 4.79 Å². The maximum Gasteiger partial charge on any atom is 0.312 e. The molecule has 2 rings (SSSR count). The number of rotatable bonds is 4. The van der Waals surface area contributed by atoms with Gasteiger partial charge in [-0.1, -0.05) is 20.8 Å². The van der Waals surface area contributed by atoms with Gasteiger partial charge in [-0.3, -0.25) is 0 Å². The lowest BCUT2D eigenvalue weighted by Crippen LogP contribution is -2.47. The molecule has 3 unspecified atom stereocenters. The molecule has 2 amide bonds. The van der Waals surface area contributed by atoms with E-state index in [9.17, 15) is 4.79 Å². The smallest absolute Gasteiger partial charge is 0.312 e. The lowest BCUT2D eigenvalue weighted by atomic mass is 9.69. The molecule has 0 aliphatic heterocycles. The van der Waals surface area contributed by atoms with Gasteiger partial charge in [0, 0.05) is 19.1 Å². The molecule has 0 aromatic carbocycles. The number of urea groups is 1. The average Bonchev–Trinajstić information content (AvgIpc) is 2.56. The molecule has 2 bridgehead atoms. The van der Waals surface area contributed by atoms with E-state index in [-0.39, 0.29) is 0 Å². The van der Waals surface area contributed by atoms with E-state index in [1.54, 1.807) is 0 Å². The van der Waals surface area contributed by atoms with Crippen LogP contribution >= 0.6 is 0 Å². The van der Waals surface area contributed by atoms with Crippen molar-refractivity contribution >= 4 is 6.03 Å². The van der Waals surface area contributed by atoms with E-state index in [1.165, 1.54) is 19.3 Å². The summed E-state index contributed by atoms with van der Waals surface area (Å²) in [5, 5.41) is 6.22. The SMILES string of the molecule is CC1(C)C2CCC1(C)C(NCCNC(N)=O)C2. The van der Waals surface area contributed by atoms with E-state index < -0.39 is 6.03 Å². The van der Waals surface area contributed by atoms with Crippen molar-refractivity contribution in [1.29, 1.82) is 0 Å². The van der Waals surface area contributed by atoms with Gasteiger partial charge in [0.2, 0.25) is 0 Å². The highest BCUT2D eigenvalue weighted by Gasteiger charge is 2.60. The third-order valence-corrected chi connectivity index (χ3v) is 5.61. The van der Waals surface area contributed by atoms with E-state index in [0.29, 0.717) is 23.4 Å². The quantitative estimate of drug-likeness (QED) is 0.650. The zero-order valence-electron chi connectivity index (χ0n) is 11.2. The second-order valence-electron chi connectivity index (χ2n) is 6.41. The van der Waals surface area contributed by atoms with Crippen LogP contribution in [0.25, 0.3) is 0 Å². The molecule has 0 aromatic rings. The Morgan fingerprint density at radius 1 is 1.35 bits per heavy atom. The Bertz CT molecular complexity index is 316. The average molecular weight is 239 g/mol. The Balaban J connectivity index is 1.86. The summed E-state index contributed by atoms with van der Waals surface area (Å²) in [4.78, 5) is 10.6. The first-order valence-electron chi connectivity index (χ1n) is 6.64. The van der Waals surface area contributed by atoms with Crippen molar-refractivity contribution in [3.8, 4) is 0 Å². The number of primary amides is 1. The number of carbonyl (C=O) groups is 1. The van der Waals surface area contributed by atoms with E-state index in [4.69, 9.17) is 5.73 Å². The van der Waals surface area contributed by atoms with Crippen molar-refractivity contribution in [2.45, 2.75) is 46.1 Å². The maximum absolute atomic E-state index is 10.6. The summed E-state index contributed by atoms with van der Waals surface area (Å²) in [7, 11) is 0. The van der Waals surface area contributed by atoms with Crippen LogP contribution in [0.15, 0.2) is 0 Å². The van der Waals surface area contributed by atoms with Gasteiger partial charge < -0.3 is 16.4 Å². The fourth-order valence-corrected chi connectivity index (χ4v) is 3.94. The number of fused-ring (bicyclic) bond motifs is 2. The van der Waals surface area contributed by atoms with Gasteiger partial charge >= 0.3 is 6.03 Å². The minimum Gasteiger partial charge on any atom is -0.352 e. The molecule has 2 aliphatic rings. The largest absolute Gasteiger partial charge is 0.352 e. The number of hydrogen-bond donors (Lipinski definition) is 3. The predicted octanol–water partition coefficient (Wildman–Crippen LogP) is 1.46. The molecule has 0 aromatic heterocycles. The molecule has 0 heterocycles. The zero-order valence-corrected chi connectivity index (χ0v) is 11.2. The zero-order chi connectivity index (χ0) is 12.7. The number of carbonyl (C=O) groups excluding carboxylic acids is 1. The fraction of sp³-hybridized carbons (Fsp3) is 0.923. The Hall–Kier alpha value is -0.770. The summed E-state index contributed by atoms with van der Waals surface area (Å²) in [6.07, 6.45) is 3.98. The van der Waals surface area contributed by atoms with E-state index in [0.717, 1.165) is 12.5 Å². The van der Waals surface area contributed by atoms with Crippen molar-refractivity contribution in [1.82, 2.24) is 10.6 Å². The summed E-state index contributed by atoms with van der Waals surface area (Å²) in [6.45, 7) is 8.67. The second-order valence-corrected chi connectivity index (χ2v) is 6.41. The standard InChI is InChI=1S/C13H25N3O/c1-12(2)9-4-5-13(12,3)10(8-9)15-6-7-16-11(14)17/h9-10,15H,4-8H2,1-3H3,(H3,14,16,17). The summed E-state index contributed by atoms with van der Waals surface area (Å²) >= 11 is 0. The summed E-state index contributed by atoms with van der Waals surface area (Å²) in [5.74, 6) is 0.856. The number of hydrogen-bond acceptors (Lipinski definition) is 2. The van der Waals surface area contributed by atoms with Crippen LogP contribution in [0.3, 0.4) is 0 Å². The van der Waals surface area contributed by atoms with Crippen molar-refractivity contribution in [3.05, 3.63) is 0 Å². The molecule has 2 saturated carbocycles. The number of nitrogens with two attached hydrogens (primary N) is 1. The molecule has 3 atom stereocenters. The molecule has 0 spiro atoms. The van der Waals surface area contributed by atoms with Crippen LogP contribution in [0.1, 0.15) is 40.0 Å². The number of amides is 2. The normalized spacial score (nSPS) is 38.3. The van der Waals surface area contributed by atoms with E-state index in [1.807, 2.05) is 0 Å². The Morgan fingerprint density at radius 2 is 2.06 bits per heavy atom. The minimum absolute atomic E-state index is 0.407. The predicted molar refractivity (Wildman–Crippen MR) is 68.6 cm³/mol. The topological polar surface area (TPSA) is 67.2 Å². The van der Waals surface area contributed by atoms with Gasteiger partial charge in [-0.05, 0) is 36.0 Å². The van der Waals surface area contributed by atoms with Gasteiger partial charge in [-0.2, -0.15) is 0 Å². The van der Waals surface area contributed by atoms with Gasteiger partial charge in [-0.15, -0.1) is 0 Å². The van der Waals surface area contributed by atoms with Crippen LogP contribution in [0.2, 0.25) is 0 Å². The Labute approximate surface area is 104 Å². The van der Waals surface area contributed by atoms with Gasteiger partial charge in [0.15, 0.2) is 0 Å². The van der Waals surface area contributed by atoms with Crippen LogP contribution in [0.4, 0.5) is 4.79 Å².